The van der Waals surface area contributed by atoms with E-state index in [1.54, 1.807) is 0 Å². The Morgan fingerprint density at radius 2 is 1.69 bits per heavy atom. The van der Waals surface area contributed by atoms with Crippen molar-refractivity contribution < 1.29 is 4.58 Å². The highest BCUT2D eigenvalue weighted by Crippen LogP contribution is 2.09. The molecule has 0 aromatic heterocycles. The SMILES string of the molecule is ClC(c1ccccc1)=[N+]1CCCC1. The fourth-order valence-electron chi connectivity index (χ4n) is 1.67. The second-order valence-corrected chi connectivity index (χ2v) is 3.71. The van der Waals surface area contributed by atoms with E-state index in [-0.39, 0.29) is 0 Å². The Bertz CT molecular complexity index is 308. The van der Waals surface area contributed by atoms with Crippen LogP contribution in [0, 0.1) is 0 Å². The fraction of sp³-hybridized carbons (Fsp3) is 0.364. The zero-order valence-corrected chi connectivity index (χ0v) is 8.30. The average molecular weight is 195 g/mol. The van der Waals surface area contributed by atoms with Gasteiger partial charge in [-0.15, -0.1) is 0 Å². The van der Waals surface area contributed by atoms with Gasteiger partial charge in [0.25, 0.3) is 5.17 Å². The third kappa shape index (κ3) is 1.92. The van der Waals surface area contributed by atoms with Crippen molar-refractivity contribution in [3.8, 4) is 0 Å². The number of hydrogen-bond acceptors (Lipinski definition) is 0. The molecule has 1 aliphatic rings. The van der Waals surface area contributed by atoms with Crippen molar-refractivity contribution in [2.75, 3.05) is 13.1 Å². The van der Waals surface area contributed by atoms with Gasteiger partial charge in [0.15, 0.2) is 0 Å². The zero-order valence-electron chi connectivity index (χ0n) is 7.54. The van der Waals surface area contributed by atoms with Crippen molar-refractivity contribution in [2.45, 2.75) is 12.8 Å². The van der Waals surface area contributed by atoms with E-state index >= 15 is 0 Å². The largest absolute Gasteiger partial charge is 0.276 e. The monoisotopic (exact) mass is 194 g/mol. The molecule has 0 saturated carbocycles. The molecule has 1 aromatic carbocycles. The highest BCUT2D eigenvalue weighted by Gasteiger charge is 2.18. The molecular formula is C11H13ClN+. The predicted octanol–water partition coefficient (Wildman–Crippen LogP) is 2.48. The van der Waals surface area contributed by atoms with E-state index in [9.17, 15) is 0 Å². The fourth-order valence-corrected chi connectivity index (χ4v) is 1.97. The molecule has 1 aliphatic heterocycles. The van der Waals surface area contributed by atoms with Crippen LogP contribution < -0.4 is 0 Å². The quantitative estimate of drug-likeness (QED) is 0.605. The van der Waals surface area contributed by atoms with Crippen molar-refractivity contribution in [3.05, 3.63) is 35.9 Å². The van der Waals surface area contributed by atoms with Crippen molar-refractivity contribution in [2.24, 2.45) is 0 Å². The molecule has 0 atom stereocenters. The lowest BCUT2D eigenvalue weighted by Gasteiger charge is -1.97. The van der Waals surface area contributed by atoms with Crippen molar-refractivity contribution in [3.63, 3.8) is 0 Å². The van der Waals surface area contributed by atoms with E-state index in [4.69, 9.17) is 11.6 Å². The molecule has 0 bridgehead atoms. The summed E-state index contributed by atoms with van der Waals surface area (Å²) in [7, 11) is 0. The molecule has 1 aromatic rings. The summed E-state index contributed by atoms with van der Waals surface area (Å²) in [6, 6.07) is 10.2. The van der Waals surface area contributed by atoms with E-state index in [0.717, 1.165) is 23.8 Å². The summed E-state index contributed by atoms with van der Waals surface area (Å²) in [6.07, 6.45) is 2.53. The maximum Gasteiger partial charge on any atom is 0.276 e. The molecule has 13 heavy (non-hydrogen) atoms. The van der Waals surface area contributed by atoms with Crippen LogP contribution in [0.1, 0.15) is 18.4 Å². The van der Waals surface area contributed by atoms with E-state index in [0.29, 0.717) is 0 Å². The van der Waals surface area contributed by atoms with Crippen LogP contribution in [0.4, 0.5) is 0 Å². The molecule has 1 nitrogen and oxygen atoms in total. The molecule has 68 valence electrons. The highest BCUT2D eigenvalue weighted by molar-refractivity contribution is 6.68. The summed E-state index contributed by atoms with van der Waals surface area (Å²) in [5, 5.41) is 0.901. The molecule has 1 heterocycles. The minimum atomic E-state index is 0.901. The van der Waals surface area contributed by atoms with Crippen LogP contribution in [0.15, 0.2) is 30.3 Å². The summed E-state index contributed by atoms with van der Waals surface area (Å²) in [5.74, 6) is 0. The second-order valence-electron chi connectivity index (χ2n) is 3.35. The first-order valence-corrected chi connectivity index (χ1v) is 5.08. The number of halogens is 1. The first kappa shape index (κ1) is 8.76. The van der Waals surface area contributed by atoms with E-state index in [1.165, 1.54) is 12.8 Å². The minimum absolute atomic E-state index is 0.901. The minimum Gasteiger partial charge on any atom is -0.219 e. The Labute approximate surface area is 83.7 Å². The molecule has 2 rings (SSSR count). The lowest BCUT2D eigenvalue weighted by atomic mass is 10.2. The molecule has 1 fully saturated rings. The number of rotatable bonds is 1. The summed E-state index contributed by atoms with van der Waals surface area (Å²) in [4.78, 5) is 0. The van der Waals surface area contributed by atoms with Crippen molar-refractivity contribution in [1.29, 1.82) is 0 Å². The smallest absolute Gasteiger partial charge is 0.219 e. The Hall–Kier alpha value is -0.820. The molecular weight excluding hydrogens is 182 g/mol. The van der Waals surface area contributed by atoms with Gasteiger partial charge in [-0.3, -0.25) is 0 Å². The number of benzene rings is 1. The summed E-state index contributed by atoms with van der Waals surface area (Å²) < 4.78 is 2.25. The highest BCUT2D eigenvalue weighted by atomic mass is 35.5. The Morgan fingerprint density at radius 3 is 2.31 bits per heavy atom. The van der Waals surface area contributed by atoms with Gasteiger partial charge in [-0.1, -0.05) is 18.2 Å². The van der Waals surface area contributed by atoms with Gasteiger partial charge >= 0.3 is 0 Å². The average Bonchev–Trinajstić information content (AvgIpc) is 2.71. The van der Waals surface area contributed by atoms with Crippen LogP contribution in [-0.2, 0) is 0 Å². The maximum absolute atomic E-state index is 6.26. The van der Waals surface area contributed by atoms with Crippen LogP contribution in [0.3, 0.4) is 0 Å². The number of nitrogens with zero attached hydrogens (tertiary/aromatic N) is 1. The topological polar surface area (TPSA) is 3.01 Å². The molecule has 0 amide bonds. The van der Waals surface area contributed by atoms with Crippen LogP contribution in [0.5, 0.6) is 0 Å². The Morgan fingerprint density at radius 1 is 1.08 bits per heavy atom. The van der Waals surface area contributed by atoms with Crippen LogP contribution in [0.25, 0.3) is 0 Å². The van der Waals surface area contributed by atoms with Gasteiger partial charge in [0.2, 0.25) is 0 Å². The lowest BCUT2D eigenvalue weighted by molar-refractivity contribution is -0.503. The summed E-state index contributed by atoms with van der Waals surface area (Å²) in [6.45, 7) is 2.21. The van der Waals surface area contributed by atoms with Crippen LogP contribution >= 0.6 is 11.6 Å². The Balaban J connectivity index is 2.30. The number of hydrogen-bond donors (Lipinski definition) is 0. The van der Waals surface area contributed by atoms with Gasteiger partial charge in [0.1, 0.15) is 13.1 Å². The molecule has 0 radical (unpaired) electrons. The second kappa shape index (κ2) is 3.93. The molecule has 1 saturated heterocycles. The van der Waals surface area contributed by atoms with E-state index < -0.39 is 0 Å². The summed E-state index contributed by atoms with van der Waals surface area (Å²) in [5.41, 5.74) is 1.13. The lowest BCUT2D eigenvalue weighted by Crippen LogP contribution is -2.14. The standard InChI is InChI=1S/C11H13ClN/c12-11(13-8-4-5-9-13)10-6-2-1-3-7-10/h1-3,6-7H,4-5,8-9H2/q+1. The third-order valence-corrected chi connectivity index (χ3v) is 2.85. The molecule has 0 spiro atoms. The maximum atomic E-state index is 6.26. The van der Waals surface area contributed by atoms with Gasteiger partial charge in [-0.05, 0) is 23.7 Å². The van der Waals surface area contributed by atoms with Crippen molar-refractivity contribution in [1.82, 2.24) is 0 Å². The van der Waals surface area contributed by atoms with E-state index in [2.05, 4.69) is 16.7 Å². The predicted molar refractivity (Wildman–Crippen MR) is 55.6 cm³/mol. The van der Waals surface area contributed by atoms with Crippen LogP contribution in [0.2, 0.25) is 0 Å². The van der Waals surface area contributed by atoms with Gasteiger partial charge in [0.05, 0.1) is 5.56 Å². The van der Waals surface area contributed by atoms with Gasteiger partial charge in [-0.25, -0.2) is 4.58 Å². The van der Waals surface area contributed by atoms with Crippen LogP contribution in [-0.4, -0.2) is 22.8 Å². The normalized spacial score (nSPS) is 16.2. The van der Waals surface area contributed by atoms with Crippen molar-refractivity contribution >= 4 is 16.8 Å². The van der Waals surface area contributed by atoms with Gasteiger partial charge < -0.3 is 0 Å². The first-order valence-electron chi connectivity index (χ1n) is 4.71. The summed E-state index contributed by atoms with van der Waals surface area (Å²) >= 11 is 6.26. The molecule has 2 heteroatoms. The zero-order chi connectivity index (χ0) is 9.10. The Kier molecular flexibility index (Phi) is 2.65. The molecule has 0 aliphatic carbocycles. The van der Waals surface area contributed by atoms with E-state index in [1.807, 2.05) is 18.2 Å². The van der Waals surface area contributed by atoms with Gasteiger partial charge in [0, 0.05) is 12.8 Å². The van der Waals surface area contributed by atoms with Gasteiger partial charge in [-0.2, -0.15) is 0 Å². The molecule has 0 N–H and O–H groups in total. The third-order valence-electron chi connectivity index (χ3n) is 2.40. The first-order chi connectivity index (χ1) is 6.38. The molecule has 0 unspecified atom stereocenters.